The van der Waals surface area contributed by atoms with Gasteiger partial charge in [-0.25, -0.2) is 4.68 Å². The van der Waals surface area contributed by atoms with E-state index in [-0.39, 0.29) is 0 Å². The van der Waals surface area contributed by atoms with Crippen LogP contribution in [0.1, 0.15) is 35.0 Å². The lowest BCUT2D eigenvalue weighted by Crippen LogP contribution is -2.36. The molecule has 0 unspecified atom stereocenters. The van der Waals surface area contributed by atoms with Gasteiger partial charge in [0.15, 0.2) is 0 Å². The van der Waals surface area contributed by atoms with Crippen molar-refractivity contribution < 1.29 is 4.74 Å². The highest BCUT2D eigenvalue weighted by Crippen LogP contribution is 2.34. The van der Waals surface area contributed by atoms with Crippen LogP contribution in [0, 0.1) is 5.92 Å². The molecule has 4 rings (SSSR count). The molecule has 1 fully saturated rings. The van der Waals surface area contributed by atoms with Crippen molar-refractivity contribution in [1.29, 1.82) is 0 Å². The van der Waals surface area contributed by atoms with Gasteiger partial charge >= 0.3 is 0 Å². The molecule has 2 aromatic rings. The Morgan fingerprint density at radius 3 is 3.05 bits per heavy atom. The number of aromatic nitrogens is 3. The van der Waals surface area contributed by atoms with Crippen LogP contribution in [0.3, 0.4) is 0 Å². The third kappa shape index (κ3) is 2.95. The van der Waals surface area contributed by atoms with Gasteiger partial charge in [-0.05, 0) is 30.2 Å². The van der Waals surface area contributed by atoms with E-state index in [9.17, 15) is 0 Å². The maximum atomic E-state index is 5.47. The fourth-order valence-electron chi connectivity index (χ4n) is 3.35. The van der Waals surface area contributed by atoms with Crippen LogP contribution in [0.15, 0.2) is 17.5 Å². The van der Waals surface area contributed by atoms with Crippen LogP contribution < -0.4 is 0 Å². The van der Waals surface area contributed by atoms with E-state index < -0.39 is 0 Å². The Morgan fingerprint density at radius 2 is 2.32 bits per heavy atom. The monoisotopic (exact) mass is 318 g/mol. The zero-order chi connectivity index (χ0) is 14.9. The molecule has 0 spiro atoms. The minimum absolute atomic E-state index is 0.377. The molecule has 118 valence electrons. The Labute approximate surface area is 134 Å². The summed E-state index contributed by atoms with van der Waals surface area (Å²) in [7, 11) is 1.78. The van der Waals surface area contributed by atoms with E-state index in [1.54, 1.807) is 7.11 Å². The summed E-state index contributed by atoms with van der Waals surface area (Å²) in [5, 5.41) is 11.0. The van der Waals surface area contributed by atoms with Crippen LogP contribution in [0.4, 0.5) is 0 Å². The molecule has 6 heteroatoms. The molecular weight excluding hydrogens is 296 g/mol. The summed E-state index contributed by atoms with van der Waals surface area (Å²) < 4.78 is 7.63. The van der Waals surface area contributed by atoms with Gasteiger partial charge in [-0.15, -0.1) is 16.4 Å². The first-order chi connectivity index (χ1) is 10.8. The van der Waals surface area contributed by atoms with Crippen molar-refractivity contribution in [3.63, 3.8) is 0 Å². The molecular formula is C16H22N4OS. The van der Waals surface area contributed by atoms with E-state index in [0.29, 0.717) is 5.92 Å². The number of rotatable bonds is 6. The summed E-state index contributed by atoms with van der Waals surface area (Å²) in [6.45, 7) is 4.70. The van der Waals surface area contributed by atoms with Gasteiger partial charge in [0.25, 0.3) is 0 Å². The molecule has 1 aliphatic heterocycles. The molecule has 0 bridgehead atoms. The van der Waals surface area contributed by atoms with Gasteiger partial charge in [-0.3, -0.25) is 4.90 Å². The molecule has 0 saturated heterocycles. The number of methoxy groups -OCH3 is 1. The van der Waals surface area contributed by atoms with Gasteiger partial charge in [0.05, 0.1) is 12.3 Å². The summed E-state index contributed by atoms with van der Waals surface area (Å²) in [5.74, 6) is 1.20. The Morgan fingerprint density at radius 1 is 1.41 bits per heavy atom. The Balaban J connectivity index is 1.55. The van der Waals surface area contributed by atoms with Crippen LogP contribution >= 0.6 is 11.3 Å². The quantitative estimate of drug-likeness (QED) is 0.821. The van der Waals surface area contributed by atoms with Crippen molar-refractivity contribution in [3.05, 3.63) is 33.8 Å². The predicted molar refractivity (Wildman–Crippen MR) is 85.8 cm³/mol. The Bertz CT molecular complexity index is 620. The smallest absolute Gasteiger partial charge is 0.100 e. The molecule has 0 radical (unpaired) electrons. The van der Waals surface area contributed by atoms with Crippen LogP contribution in [-0.4, -0.2) is 40.2 Å². The van der Waals surface area contributed by atoms with E-state index in [4.69, 9.17) is 4.74 Å². The lowest BCUT2D eigenvalue weighted by molar-refractivity contribution is 0.131. The first-order valence-corrected chi connectivity index (χ1v) is 8.87. The molecule has 2 aromatic heterocycles. The normalized spacial score (nSPS) is 22.0. The van der Waals surface area contributed by atoms with Gasteiger partial charge in [-0.2, -0.15) is 0 Å². The highest BCUT2D eigenvalue weighted by molar-refractivity contribution is 7.09. The van der Waals surface area contributed by atoms with Gasteiger partial charge in [0.1, 0.15) is 5.69 Å². The first-order valence-electron chi connectivity index (χ1n) is 7.99. The number of hydrogen-bond donors (Lipinski definition) is 0. The summed E-state index contributed by atoms with van der Waals surface area (Å²) in [5.41, 5.74) is 2.46. The predicted octanol–water partition coefficient (Wildman–Crippen LogP) is 2.50. The zero-order valence-corrected chi connectivity index (χ0v) is 13.8. The third-order valence-electron chi connectivity index (χ3n) is 4.54. The maximum absolute atomic E-state index is 5.47. The van der Waals surface area contributed by atoms with E-state index in [0.717, 1.165) is 44.4 Å². The van der Waals surface area contributed by atoms with E-state index in [1.165, 1.54) is 23.4 Å². The second kappa shape index (κ2) is 6.10. The van der Waals surface area contributed by atoms with Gasteiger partial charge in [-0.1, -0.05) is 11.3 Å². The molecule has 2 aliphatic rings. The standard InChI is InChI=1S/C16H22N4OS/c1-21-11-13-8-19(9-14-3-2-6-22-14)10-15-16(13)20(18-17-15)7-12-4-5-12/h2-3,6,12-13H,4-5,7-11H2,1H3/t13-/m1/s1. The van der Waals surface area contributed by atoms with Crippen molar-refractivity contribution in [2.24, 2.45) is 5.92 Å². The van der Waals surface area contributed by atoms with E-state index in [2.05, 4.69) is 37.4 Å². The minimum atomic E-state index is 0.377. The van der Waals surface area contributed by atoms with Gasteiger partial charge < -0.3 is 4.74 Å². The second-order valence-corrected chi connectivity index (χ2v) is 7.48. The SMILES string of the molecule is COC[C@H]1CN(Cc2cccs2)Cc2nnn(CC3CC3)c21. The number of thiophene rings is 1. The summed E-state index contributed by atoms with van der Waals surface area (Å²) >= 11 is 1.82. The number of hydrogen-bond acceptors (Lipinski definition) is 5. The first kappa shape index (κ1) is 14.4. The molecule has 5 nitrogen and oxygen atoms in total. The molecule has 1 saturated carbocycles. The van der Waals surface area contributed by atoms with Crippen LogP contribution in [0.2, 0.25) is 0 Å². The van der Waals surface area contributed by atoms with Crippen molar-refractivity contribution >= 4 is 11.3 Å². The van der Waals surface area contributed by atoms with Crippen LogP contribution in [0.25, 0.3) is 0 Å². The number of ether oxygens (including phenoxy) is 1. The van der Waals surface area contributed by atoms with Crippen LogP contribution in [0.5, 0.6) is 0 Å². The molecule has 22 heavy (non-hydrogen) atoms. The minimum Gasteiger partial charge on any atom is -0.384 e. The fraction of sp³-hybridized carbons (Fsp3) is 0.625. The van der Waals surface area contributed by atoms with Crippen molar-refractivity contribution in [3.8, 4) is 0 Å². The van der Waals surface area contributed by atoms with Crippen molar-refractivity contribution in [2.75, 3.05) is 20.3 Å². The summed E-state index contributed by atoms with van der Waals surface area (Å²) in [6, 6.07) is 4.32. The van der Waals surface area contributed by atoms with E-state index >= 15 is 0 Å². The lowest BCUT2D eigenvalue weighted by atomic mass is 9.98. The van der Waals surface area contributed by atoms with Crippen LogP contribution in [-0.2, 0) is 24.4 Å². The molecule has 0 aromatic carbocycles. The Hall–Kier alpha value is -1.24. The highest BCUT2D eigenvalue weighted by Gasteiger charge is 2.32. The van der Waals surface area contributed by atoms with E-state index in [1.807, 2.05) is 11.3 Å². The zero-order valence-electron chi connectivity index (χ0n) is 12.9. The number of nitrogens with zero attached hydrogens (tertiary/aromatic N) is 4. The molecule has 0 amide bonds. The highest BCUT2D eigenvalue weighted by atomic mass is 32.1. The van der Waals surface area contributed by atoms with Gasteiger partial charge in [0.2, 0.25) is 0 Å². The molecule has 0 N–H and O–H groups in total. The third-order valence-corrected chi connectivity index (χ3v) is 5.40. The largest absolute Gasteiger partial charge is 0.384 e. The Kier molecular flexibility index (Phi) is 3.98. The van der Waals surface area contributed by atoms with Crippen molar-refractivity contribution in [1.82, 2.24) is 19.9 Å². The molecule has 1 atom stereocenters. The average Bonchev–Trinajstić information content (AvgIpc) is 3.00. The molecule has 1 aliphatic carbocycles. The maximum Gasteiger partial charge on any atom is 0.100 e. The fourth-order valence-corrected chi connectivity index (χ4v) is 4.09. The topological polar surface area (TPSA) is 43.2 Å². The van der Waals surface area contributed by atoms with Crippen molar-refractivity contribution in [2.45, 2.75) is 38.4 Å². The number of fused-ring (bicyclic) bond motifs is 1. The molecule has 3 heterocycles. The average molecular weight is 318 g/mol. The van der Waals surface area contributed by atoms with Gasteiger partial charge in [0, 0.05) is 44.1 Å². The lowest BCUT2D eigenvalue weighted by Gasteiger charge is -2.31. The summed E-state index contributed by atoms with van der Waals surface area (Å²) in [4.78, 5) is 3.87. The second-order valence-electron chi connectivity index (χ2n) is 6.45. The summed E-state index contributed by atoms with van der Waals surface area (Å²) in [6.07, 6.45) is 2.68.